The van der Waals surface area contributed by atoms with Crippen molar-refractivity contribution in [3.8, 4) is 0 Å². The Bertz CT molecular complexity index is 1160. The molecule has 1 aliphatic rings. The van der Waals surface area contributed by atoms with Crippen LogP contribution in [0, 0.1) is 0 Å². The molecule has 0 unspecified atom stereocenters. The summed E-state index contributed by atoms with van der Waals surface area (Å²) in [6.45, 7) is 1.55. The lowest BCUT2D eigenvalue weighted by atomic mass is 10.1. The van der Waals surface area contributed by atoms with Crippen molar-refractivity contribution in [1.29, 1.82) is 0 Å². The van der Waals surface area contributed by atoms with Crippen LogP contribution in [0.15, 0.2) is 47.8 Å². The molecule has 1 atom stereocenters. The lowest BCUT2D eigenvalue weighted by Crippen LogP contribution is -2.49. The van der Waals surface area contributed by atoms with E-state index in [4.69, 9.17) is 5.14 Å². The highest BCUT2D eigenvalue weighted by Crippen LogP contribution is 2.25. The summed E-state index contributed by atoms with van der Waals surface area (Å²) in [4.78, 5) is 26.3. The molecule has 1 saturated heterocycles. The second-order valence-corrected chi connectivity index (χ2v) is 8.78. The van der Waals surface area contributed by atoms with Crippen LogP contribution in [0.3, 0.4) is 0 Å². The van der Waals surface area contributed by atoms with Crippen molar-refractivity contribution >= 4 is 38.5 Å². The van der Waals surface area contributed by atoms with E-state index in [2.05, 4.69) is 30.5 Å². The molecule has 1 amide bonds. The monoisotopic (exact) mass is 429 g/mol. The van der Waals surface area contributed by atoms with Crippen LogP contribution in [0.25, 0.3) is 11.0 Å². The van der Waals surface area contributed by atoms with Gasteiger partial charge in [0.25, 0.3) is 0 Å². The number of anilines is 2. The Hall–Kier alpha value is -3.18. The van der Waals surface area contributed by atoms with Crippen molar-refractivity contribution in [3.05, 3.63) is 42.9 Å². The first-order chi connectivity index (χ1) is 14.4. The van der Waals surface area contributed by atoms with Gasteiger partial charge < -0.3 is 20.5 Å². The van der Waals surface area contributed by atoms with Gasteiger partial charge >= 0.3 is 0 Å². The number of aromatic amines is 1. The molecule has 0 radical (unpaired) electrons. The number of hydrogen-bond donors (Lipinski definition) is 4. The molecule has 3 aromatic rings. The SMILES string of the molecule is NS(=O)(=O)c1cccc(NCC(=O)N[C@@H]2CCCN(c3ncnc4[nH]ccc34)C2)c1. The molecule has 0 aliphatic carbocycles. The third-order valence-electron chi connectivity index (χ3n) is 5.03. The predicted molar refractivity (Wildman–Crippen MR) is 114 cm³/mol. The molecule has 158 valence electrons. The number of rotatable bonds is 6. The number of nitrogens with two attached hydrogens (primary N) is 1. The average molecular weight is 430 g/mol. The van der Waals surface area contributed by atoms with Crippen LogP contribution in [0.2, 0.25) is 0 Å². The van der Waals surface area contributed by atoms with Crippen molar-refractivity contribution in [2.24, 2.45) is 5.14 Å². The zero-order valence-electron chi connectivity index (χ0n) is 16.2. The van der Waals surface area contributed by atoms with E-state index in [9.17, 15) is 13.2 Å². The molecule has 4 rings (SSSR count). The summed E-state index contributed by atoms with van der Waals surface area (Å²) in [5.74, 6) is 0.690. The van der Waals surface area contributed by atoms with Gasteiger partial charge in [-0.2, -0.15) is 0 Å². The molecular weight excluding hydrogens is 406 g/mol. The fourth-order valence-electron chi connectivity index (χ4n) is 3.64. The highest BCUT2D eigenvalue weighted by molar-refractivity contribution is 7.89. The van der Waals surface area contributed by atoms with Crippen molar-refractivity contribution < 1.29 is 13.2 Å². The maximum Gasteiger partial charge on any atom is 0.239 e. The van der Waals surface area contributed by atoms with E-state index < -0.39 is 10.0 Å². The minimum absolute atomic E-state index is 0.00301. The number of amides is 1. The van der Waals surface area contributed by atoms with Crippen LogP contribution >= 0.6 is 0 Å². The lowest BCUT2D eigenvalue weighted by Gasteiger charge is -2.34. The number of carbonyl (C=O) groups excluding carboxylic acids is 1. The van der Waals surface area contributed by atoms with Crippen LogP contribution in [-0.2, 0) is 14.8 Å². The summed E-state index contributed by atoms with van der Waals surface area (Å²) in [6.07, 6.45) is 5.19. The topological polar surface area (TPSA) is 146 Å². The van der Waals surface area contributed by atoms with Gasteiger partial charge in [-0.1, -0.05) is 6.07 Å². The number of sulfonamides is 1. The minimum atomic E-state index is -3.79. The highest BCUT2D eigenvalue weighted by Gasteiger charge is 2.24. The minimum Gasteiger partial charge on any atom is -0.376 e. The first-order valence-electron chi connectivity index (χ1n) is 9.59. The Morgan fingerprint density at radius 2 is 2.17 bits per heavy atom. The third-order valence-corrected chi connectivity index (χ3v) is 5.95. The fourth-order valence-corrected chi connectivity index (χ4v) is 4.20. The van der Waals surface area contributed by atoms with E-state index in [1.54, 1.807) is 12.1 Å². The Kier molecular flexibility index (Phi) is 5.55. The summed E-state index contributed by atoms with van der Waals surface area (Å²) in [5.41, 5.74) is 1.30. The Labute approximate surface area is 173 Å². The van der Waals surface area contributed by atoms with Gasteiger partial charge in [-0.15, -0.1) is 0 Å². The van der Waals surface area contributed by atoms with E-state index in [-0.39, 0.29) is 23.4 Å². The number of nitrogens with one attached hydrogen (secondary N) is 3. The van der Waals surface area contributed by atoms with E-state index >= 15 is 0 Å². The van der Waals surface area contributed by atoms with Crippen LogP contribution in [0.1, 0.15) is 12.8 Å². The fraction of sp³-hybridized carbons (Fsp3) is 0.316. The van der Waals surface area contributed by atoms with Gasteiger partial charge in [-0.25, -0.2) is 23.5 Å². The second kappa shape index (κ2) is 8.28. The van der Waals surface area contributed by atoms with Gasteiger partial charge in [0.1, 0.15) is 17.8 Å². The van der Waals surface area contributed by atoms with E-state index in [1.165, 1.54) is 18.5 Å². The lowest BCUT2D eigenvalue weighted by molar-refractivity contribution is -0.120. The number of primary sulfonamides is 1. The molecule has 5 N–H and O–H groups in total. The number of piperidine rings is 1. The number of H-pyrrole nitrogens is 1. The number of carbonyl (C=O) groups is 1. The van der Waals surface area contributed by atoms with Gasteiger partial charge in [0, 0.05) is 31.0 Å². The Balaban J connectivity index is 1.35. The van der Waals surface area contributed by atoms with Crippen LogP contribution in [0.4, 0.5) is 11.5 Å². The maximum absolute atomic E-state index is 12.4. The first kappa shape index (κ1) is 20.1. The summed E-state index contributed by atoms with van der Waals surface area (Å²) in [7, 11) is -3.79. The smallest absolute Gasteiger partial charge is 0.239 e. The zero-order valence-corrected chi connectivity index (χ0v) is 17.0. The van der Waals surface area contributed by atoms with Crippen molar-refractivity contribution in [1.82, 2.24) is 20.3 Å². The van der Waals surface area contributed by atoms with Crippen LogP contribution in [0.5, 0.6) is 0 Å². The van der Waals surface area contributed by atoms with E-state index in [1.807, 2.05) is 12.3 Å². The van der Waals surface area contributed by atoms with Crippen molar-refractivity contribution in [2.75, 3.05) is 29.9 Å². The quantitative estimate of drug-likeness (QED) is 0.453. The zero-order chi connectivity index (χ0) is 21.1. The molecular formula is C19H23N7O3S. The molecule has 0 spiro atoms. The standard InChI is InChI=1S/C19H23N7O3S/c20-30(28,29)15-5-1-3-13(9-15)22-10-17(27)25-14-4-2-8-26(11-14)19-16-6-7-21-18(16)23-12-24-19/h1,3,5-7,9,12,14,22H,2,4,8,10-11H2,(H,25,27)(H2,20,28,29)(H,21,23,24)/t14-/m1/s1. The van der Waals surface area contributed by atoms with Gasteiger partial charge in [-0.3, -0.25) is 4.79 Å². The molecule has 11 heteroatoms. The number of aromatic nitrogens is 3. The molecule has 10 nitrogen and oxygen atoms in total. The Morgan fingerprint density at radius 1 is 1.30 bits per heavy atom. The van der Waals surface area contributed by atoms with E-state index in [0.717, 1.165) is 36.2 Å². The Morgan fingerprint density at radius 3 is 3.00 bits per heavy atom. The normalized spacial score (nSPS) is 17.1. The molecule has 0 saturated carbocycles. The van der Waals surface area contributed by atoms with Gasteiger partial charge in [0.05, 0.1) is 16.8 Å². The third kappa shape index (κ3) is 4.52. The second-order valence-electron chi connectivity index (χ2n) is 7.22. The van der Waals surface area contributed by atoms with Gasteiger partial charge in [-0.05, 0) is 37.1 Å². The largest absolute Gasteiger partial charge is 0.376 e. The predicted octanol–water partition coefficient (Wildman–Crippen LogP) is 0.802. The number of benzene rings is 1. The molecule has 1 aromatic carbocycles. The summed E-state index contributed by atoms with van der Waals surface area (Å²) in [6, 6.07) is 8.01. The molecule has 30 heavy (non-hydrogen) atoms. The first-order valence-corrected chi connectivity index (χ1v) is 11.1. The number of nitrogens with zero attached hydrogens (tertiary/aromatic N) is 3. The van der Waals surface area contributed by atoms with Gasteiger partial charge in [0.2, 0.25) is 15.9 Å². The maximum atomic E-state index is 12.4. The summed E-state index contributed by atoms with van der Waals surface area (Å²) in [5, 5.41) is 12.1. The van der Waals surface area contributed by atoms with E-state index in [0.29, 0.717) is 12.2 Å². The van der Waals surface area contributed by atoms with Crippen molar-refractivity contribution in [2.45, 2.75) is 23.8 Å². The highest BCUT2D eigenvalue weighted by atomic mass is 32.2. The van der Waals surface area contributed by atoms with Crippen molar-refractivity contribution in [3.63, 3.8) is 0 Å². The van der Waals surface area contributed by atoms with Crippen LogP contribution in [-0.4, -0.2) is 55.0 Å². The molecule has 0 bridgehead atoms. The summed E-state index contributed by atoms with van der Waals surface area (Å²) < 4.78 is 22.9. The molecule has 1 fully saturated rings. The average Bonchev–Trinajstić information content (AvgIpc) is 3.21. The van der Waals surface area contributed by atoms with Gasteiger partial charge in [0.15, 0.2) is 0 Å². The number of hydrogen-bond acceptors (Lipinski definition) is 7. The molecule has 1 aliphatic heterocycles. The molecule has 2 aromatic heterocycles. The summed E-state index contributed by atoms with van der Waals surface area (Å²) >= 11 is 0. The molecule has 3 heterocycles. The number of fused-ring (bicyclic) bond motifs is 1. The van der Waals surface area contributed by atoms with Crippen LogP contribution < -0.4 is 20.7 Å².